The van der Waals surface area contributed by atoms with Crippen molar-refractivity contribution < 1.29 is 24.2 Å². The van der Waals surface area contributed by atoms with Gasteiger partial charge in [-0.05, 0) is 61.7 Å². The molecule has 1 aliphatic heterocycles. The van der Waals surface area contributed by atoms with Gasteiger partial charge in [0, 0.05) is 11.3 Å². The zero-order valence-electron chi connectivity index (χ0n) is 15.0. The van der Waals surface area contributed by atoms with Crippen LogP contribution in [0.2, 0.25) is 0 Å². The van der Waals surface area contributed by atoms with E-state index in [1.807, 2.05) is 32.9 Å². The first-order chi connectivity index (χ1) is 12.3. The van der Waals surface area contributed by atoms with Crippen LogP contribution in [-0.2, 0) is 9.59 Å². The van der Waals surface area contributed by atoms with E-state index in [1.54, 1.807) is 18.2 Å². The van der Waals surface area contributed by atoms with E-state index in [9.17, 15) is 9.59 Å². The zero-order valence-corrected chi connectivity index (χ0v) is 15.0. The Kier molecular flexibility index (Phi) is 4.84. The summed E-state index contributed by atoms with van der Waals surface area (Å²) in [7, 11) is 0. The summed E-state index contributed by atoms with van der Waals surface area (Å²) in [4.78, 5) is 23.3. The minimum Gasteiger partial charge on any atom is -0.492 e. The molecule has 0 saturated carbocycles. The van der Waals surface area contributed by atoms with E-state index < -0.39 is 12.6 Å². The Morgan fingerprint density at radius 3 is 2.58 bits per heavy atom. The first-order valence-corrected chi connectivity index (χ1v) is 8.35. The van der Waals surface area contributed by atoms with Crippen LogP contribution in [0.3, 0.4) is 0 Å². The van der Waals surface area contributed by atoms with Crippen molar-refractivity contribution in [3.05, 3.63) is 52.6 Å². The molecule has 2 N–H and O–H groups in total. The summed E-state index contributed by atoms with van der Waals surface area (Å²) in [6.07, 6.45) is 0. The molecule has 136 valence electrons. The van der Waals surface area contributed by atoms with Crippen molar-refractivity contribution in [2.75, 3.05) is 18.5 Å². The van der Waals surface area contributed by atoms with Gasteiger partial charge in [0.05, 0.1) is 0 Å². The quantitative estimate of drug-likeness (QED) is 0.860. The zero-order chi connectivity index (χ0) is 18.8. The maximum absolute atomic E-state index is 12.7. The number of ether oxygens (including phenoxy) is 2. The average molecular weight is 355 g/mol. The molecule has 26 heavy (non-hydrogen) atoms. The lowest BCUT2D eigenvalue weighted by molar-refractivity contribution is -0.139. The minimum absolute atomic E-state index is 0.130. The van der Waals surface area contributed by atoms with Crippen LogP contribution in [0.25, 0.3) is 0 Å². The number of anilines is 1. The first kappa shape index (κ1) is 17.8. The fraction of sp³-hybridized carbons (Fsp3) is 0.300. The summed E-state index contributed by atoms with van der Waals surface area (Å²) in [5, 5.41) is 11.6. The molecule has 6 nitrogen and oxygen atoms in total. The van der Waals surface area contributed by atoms with Crippen LogP contribution < -0.4 is 14.8 Å². The second-order valence-electron chi connectivity index (χ2n) is 6.49. The van der Waals surface area contributed by atoms with E-state index in [4.69, 9.17) is 14.6 Å². The Bertz CT molecular complexity index is 875. The number of carboxylic acid groups (broad SMARTS) is 1. The van der Waals surface area contributed by atoms with Crippen molar-refractivity contribution in [2.24, 2.45) is 0 Å². The molecule has 3 rings (SSSR count). The normalized spacial score (nSPS) is 15.1. The summed E-state index contributed by atoms with van der Waals surface area (Å²) < 4.78 is 10.8. The highest BCUT2D eigenvalue weighted by Crippen LogP contribution is 2.36. The highest BCUT2D eigenvalue weighted by Gasteiger charge is 2.31. The van der Waals surface area contributed by atoms with Gasteiger partial charge in [-0.3, -0.25) is 4.79 Å². The maximum atomic E-state index is 12.7. The van der Waals surface area contributed by atoms with E-state index in [0.717, 1.165) is 28.0 Å². The van der Waals surface area contributed by atoms with Gasteiger partial charge in [-0.1, -0.05) is 6.07 Å². The summed E-state index contributed by atoms with van der Waals surface area (Å²) in [5.74, 6) is -0.308. The van der Waals surface area contributed by atoms with Crippen LogP contribution in [0.1, 0.15) is 28.2 Å². The molecule has 1 amide bonds. The number of carbonyl (C=O) groups excluding carboxylic acids is 1. The van der Waals surface area contributed by atoms with Gasteiger partial charge in [0.15, 0.2) is 6.61 Å². The molecule has 0 fully saturated rings. The molecule has 0 aliphatic carbocycles. The number of aliphatic carboxylic acids is 1. The predicted molar refractivity (Wildman–Crippen MR) is 97.1 cm³/mol. The summed E-state index contributed by atoms with van der Waals surface area (Å²) in [6.45, 7) is 5.78. The van der Waals surface area contributed by atoms with Crippen LogP contribution in [-0.4, -0.2) is 30.2 Å². The molecule has 2 aromatic rings. The van der Waals surface area contributed by atoms with Crippen molar-refractivity contribution >= 4 is 17.6 Å². The number of fused-ring (bicyclic) bond motifs is 1. The summed E-state index contributed by atoms with van der Waals surface area (Å²) in [6, 6.07) is 9.03. The lowest BCUT2D eigenvalue weighted by Gasteiger charge is -2.14. The number of aryl methyl sites for hydroxylation is 3. The van der Waals surface area contributed by atoms with Crippen molar-refractivity contribution in [1.82, 2.24) is 0 Å². The molecule has 0 spiro atoms. The Morgan fingerprint density at radius 1 is 1.15 bits per heavy atom. The van der Waals surface area contributed by atoms with Crippen molar-refractivity contribution in [1.29, 1.82) is 0 Å². The van der Waals surface area contributed by atoms with Crippen molar-refractivity contribution in [3.8, 4) is 11.5 Å². The van der Waals surface area contributed by atoms with Gasteiger partial charge in [0.2, 0.25) is 5.91 Å². The molecule has 1 unspecified atom stereocenters. The van der Waals surface area contributed by atoms with Gasteiger partial charge in [-0.2, -0.15) is 0 Å². The van der Waals surface area contributed by atoms with Gasteiger partial charge in [-0.15, -0.1) is 0 Å². The number of rotatable bonds is 5. The highest BCUT2D eigenvalue weighted by molar-refractivity contribution is 5.97. The lowest BCUT2D eigenvalue weighted by atomic mass is 9.96. The van der Waals surface area contributed by atoms with E-state index in [-0.39, 0.29) is 11.8 Å². The van der Waals surface area contributed by atoms with Gasteiger partial charge in [-0.25, -0.2) is 4.79 Å². The third kappa shape index (κ3) is 3.64. The van der Waals surface area contributed by atoms with Gasteiger partial charge in [0.25, 0.3) is 0 Å². The van der Waals surface area contributed by atoms with Crippen LogP contribution in [0.4, 0.5) is 5.69 Å². The molecule has 1 heterocycles. The Morgan fingerprint density at radius 2 is 1.88 bits per heavy atom. The molecular weight excluding hydrogens is 334 g/mol. The van der Waals surface area contributed by atoms with Crippen LogP contribution >= 0.6 is 0 Å². The predicted octanol–water partition coefficient (Wildman–Crippen LogP) is 3.19. The monoisotopic (exact) mass is 355 g/mol. The SMILES string of the molecule is Cc1cc2c(cc1C)C(C(=O)Nc1ccc(OCC(=O)O)cc1C)CO2. The molecule has 1 atom stereocenters. The standard InChI is InChI=1S/C20H21NO5/c1-11-7-15-16(9-26-18(15)8-12(11)2)20(24)21-17-5-4-14(6-13(17)3)25-10-19(22)23/h4-8,16H,9-10H2,1-3H3,(H,21,24)(H,22,23). The fourth-order valence-electron chi connectivity index (χ4n) is 2.92. The summed E-state index contributed by atoms with van der Waals surface area (Å²) in [5.41, 5.74) is 4.63. The second kappa shape index (κ2) is 7.07. The number of nitrogens with one attached hydrogen (secondary N) is 1. The molecule has 6 heteroatoms. The third-order valence-electron chi connectivity index (χ3n) is 4.54. The van der Waals surface area contributed by atoms with E-state index >= 15 is 0 Å². The number of hydrogen-bond donors (Lipinski definition) is 2. The Labute approximate surface area is 151 Å². The molecular formula is C20H21NO5. The Hall–Kier alpha value is -3.02. The first-order valence-electron chi connectivity index (χ1n) is 8.35. The maximum Gasteiger partial charge on any atom is 0.341 e. The van der Waals surface area contributed by atoms with Gasteiger partial charge in [0.1, 0.15) is 24.0 Å². The van der Waals surface area contributed by atoms with Crippen molar-refractivity contribution in [3.63, 3.8) is 0 Å². The van der Waals surface area contributed by atoms with E-state index in [0.29, 0.717) is 18.0 Å². The fourth-order valence-corrected chi connectivity index (χ4v) is 2.92. The van der Waals surface area contributed by atoms with Crippen LogP contribution in [0, 0.1) is 20.8 Å². The molecule has 0 saturated heterocycles. The molecule has 1 aliphatic rings. The number of hydrogen-bond acceptors (Lipinski definition) is 4. The molecule has 2 aromatic carbocycles. The van der Waals surface area contributed by atoms with Gasteiger partial charge < -0.3 is 19.9 Å². The van der Waals surface area contributed by atoms with E-state index in [2.05, 4.69) is 5.32 Å². The third-order valence-corrected chi connectivity index (χ3v) is 4.54. The number of benzene rings is 2. The van der Waals surface area contributed by atoms with E-state index in [1.165, 1.54) is 0 Å². The van der Waals surface area contributed by atoms with Crippen molar-refractivity contribution in [2.45, 2.75) is 26.7 Å². The largest absolute Gasteiger partial charge is 0.492 e. The minimum atomic E-state index is -1.04. The number of amides is 1. The average Bonchev–Trinajstić information content (AvgIpc) is 2.98. The molecule has 0 aromatic heterocycles. The lowest BCUT2D eigenvalue weighted by Crippen LogP contribution is -2.22. The number of carboxylic acids is 1. The highest BCUT2D eigenvalue weighted by atomic mass is 16.5. The van der Waals surface area contributed by atoms with Crippen LogP contribution in [0.5, 0.6) is 11.5 Å². The molecule has 0 bridgehead atoms. The smallest absolute Gasteiger partial charge is 0.341 e. The molecule has 0 radical (unpaired) electrons. The van der Waals surface area contributed by atoms with Gasteiger partial charge >= 0.3 is 5.97 Å². The number of carbonyl (C=O) groups is 2. The topological polar surface area (TPSA) is 84.9 Å². The summed E-state index contributed by atoms with van der Waals surface area (Å²) >= 11 is 0. The van der Waals surface area contributed by atoms with Crippen LogP contribution in [0.15, 0.2) is 30.3 Å². The second-order valence-corrected chi connectivity index (χ2v) is 6.49. The Balaban J connectivity index is 1.74.